The Morgan fingerprint density at radius 3 is 1.79 bits per heavy atom. The van der Waals surface area contributed by atoms with Gasteiger partial charge in [-0.1, -0.05) is 62.2 Å². The number of rotatable bonds is 8. The van der Waals surface area contributed by atoms with E-state index < -0.39 is 0 Å². The molecule has 1 N–H and O–H groups in total. The molecule has 4 heteroatoms. The van der Waals surface area contributed by atoms with Crippen LogP contribution in [0.3, 0.4) is 0 Å². The van der Waals surface area contributed by atoms with Gasteiger partial charge in [-0.05, 0) is 6.42 Å². The first kappa shape index (κ1) is 16.9. The second kappa shape index (κ2) is 19.1. The molecule has 0 aliphatic heterocycles. The van der Waals surface area contributed by atoms with E-state index in [-0.39, 0.29) is 12.1 Å². The number of hydrogen-bond donors (Lipinski definition) is 1. The van der Waals surface area contributed by atoms with Crippen molar-refractivity contribution in [2.75, 3.05) is 18.7 Å². The lowest BCUT2D eigenvalue weighted by molar-refractivity contribution is 0.232. The molecule has 0 aliphatic carbocycles. The fourth-order valence-corrected chi connectivity index (χ4v) is 1.15. The Balaban J connectivity index is 0. The van der Waals surface area contributed by atoms with E-state index >= 15 is 0 Å². The molecular weight excluding hydrogens is 223 g/mol. The van der Waals surface area contributed by atoms with E-state index in [0.29, 0.717) is 6.61 Å². The summed E-state index contributed by atoms with van der Waals surface area (Å²) in [6, 6.07) is 0.368. The van der Waals surface area contributed by atoms with Gasteiger partial charge in [-0.25, -0.2) is 0 Å². The van der Waals surface area contributed by atoms with Gasteiger partial charge in [0, 0.05) is 6.61 Å². The number of hydrogen-bond acceptors (Lipinski definition) is 2. The Hall–Kier alpha value is 0.500. The number of halogens is 2. The molecule has 0 aromatic heterocycles. The molecule has 0 fully saturated rings. The summed E-state index contributed by atoms with van der Waals surface area (Å²) in [7, 11) is 0. The molecule has 0 aliphatic rings. The van der Waals surface area contributed by atoms with Gasteiger partial charge in [0.05, 0.1) is 0 Å². The molecule has 0 spiro atoms. The van der Waals surface area contributed by atoms with Gasteiger partial charge in [-0.2, -0.15) is 0 Å². The molecule has 0 aromatic rings. The number of ether oxygens (including phenoxy) is 1. The maximum absolute atomic E-state index is 8.42. The largest absolute Gasteiger partial charge is 0.396 e. The fraction of sp³-hybridized carbons (Fsp3) is 1.00. The van der Waals surface area contributed by atoms with E-state index in [1.807, 2.05) is 0 Å². The highest BCUT2D eigenvalue weighted by Gasteiger charge is 1.86. The summed E-state index contributed by atoms with van der Waals surface area (Å²) in [5.74, 6) is 0. The van der Waals surface area contributed by atoms with Crippen molar-refractivity contribution in [3.05, 3.63) is 0 Å². The molecule has 0 saturated carbocycles. The zero-order valence-corrected chi connectivity index (χ0v) is 10.5. The normalized spacial score (nSPS) is 9.43. The molecule has 0 bridgehead atoms. The van der Waals surface area contributed by atoms with Crippen LogP contribution in [-0.4, -0.2) is 23.8 Å². The van der Waals surface area contributed by atoms with Gasteiger partial charge in [0.1, 0.15) is 12.1 Å². The standard InChI is InChI=1S/C8H18O.C2H4Cl2O/c1-2-3-4-5-6-7-8-9;3-1-5-2-4/h9H,2-8H2,1H3;1-2H2. The summed E-state index contributed by atoms with van der Waals surface area (Å²) < 4.78 is 4.36. The average molecular weight is 245 g/mol. The Labute approximate surface area is 97.5 Å². The molecule has 0 unspecified atom stereocenters. The van der Waals surface area contributed by atoms with Crippen molar-refractivity contribution < 1.29 is 9.84 Å². The number of aliphatic hydroxyl groups is 1. The highest BCUT2D eigenvalue weighted by atomic mass is 35.5. The van der Waals surface area contributed by atoms with Crippen molar-refractivity contribution in [3.8, 4) is 0 Å². The third kappa shape index (κ3) is 22.9. The van der Waals surface area contributed by atoms with Crippen molar-refractivity contribution in [2.45, 2.75) is 45.4 Å². The van der Waals surface area contributed by atoms with Crippen molar-refractivity contribution in [1.29, 1.82) is 0 Å². The summed E-state index contributed by atoms with van der Waals surface area (Å²) in [6.45, 7) is 2.58. The summed E-state index contributed by atoms with van der Waals surface area (Å²) in [6.07, 6.45) is 7.50. The lowest BCUT2D eigenvalue weighted by atomic mass is 10.1. The minimum atomic E-state index is 0.184. The number of alkyl halides is 2. The summed E-state index contributed by atoms with van der Waals surface area (Å²) >= 11 is 9.99. The van der Waals surface area contributed by atoms with Gasteiger partial charge < -0.3 is 9.84 Å². The molecule has 2 nitrogen and oxygen atoms in total. The third-order valence-electron chi connectivity index (χ3n) is 1.67. The Morgan fingerprint density at radius 2 is 1.43 bits per heavy atom. The van der Waals surface area contributed by atoms with Crippen LogP contribution >= 0.6 is 23.2 Å². The van der Waals surface area contributed by atoms with Gasteiger partial charge in [0.25, 0.3) is 0 Å². The lowest BCUT2D eigenvalue weighted by Gasteiger charge is -1.95. The summed E-state index contributed by atoms with van der Waals surface area (Å²) in [5, 5.41) is 8.42. The topological polar surface area (TPSA) is 29.5 Å². The minimum Gasteiger partial charge on any atom is -0.396 e. The maximum Gasteiger partial charge on any atom is 0.122 e. The highest BCUT2D eigenvalue weighted by molar-refractivity contribution is 6.18. The predicted molar refractivity (Wildman–Crippen MR) is 63.0 cm³/mol. The monoisotopic (exact) mass is 244 g/mol. The van der Waals surface area contributed by atoms with Gasteiger partial charge >= 0.3 is 0 Å². The molecule has 0 saturated heterocycles. The molecule has 0 rings (SSSR count). The molecule has 88 valence electrons. The van der Waals surface area contributed by atoms with E-state index in [2.05, 4.69) is 11.7 Å². The predicted octanol–water partition coefficient (Wildman–Crippen LogP) is 3.73. The molecule has 0 aromatic carbocycles. The first-order valence-corrected chi connectivity index (χ1v) is 6.20. The molecule has 0 atom stereocenters. The van der Waals surface area contributed by atoms with Gasteiger partial charge in [0.2, 0.25) is 0 Å². The second-order valence-corrected chi connectivity index (χ2v) is 3.35. The van der Waals surface area contributed by atoms with Crippen LogP contribution in [0.1, 0.15) is 45.4 Å². The lowest BCUT2D eigenvalue weighted by Crippen LogP contribution is -1.82. The summed E-state index contributed by atoms with van der Waals surface area (Å²) in [5.41, 5.74) is 0. The van der Waals surface area contributed by atoms with Crippen LogP contribution in [0.2, 0.25) is 0 Å². The van der Waals surface area contributed by atoms with E-state index in [1.165, 1.54) is 32.1 Å². The first-order valence-electron chi connectivity index (χ1n) is 5.14. The number of unbranched alkanes of at least 4 members (excludes halogenated alkanes) is 5. The van der Waals surface area contributed by atoms with Crippen molar-refractivity contribution in [3.63, 3.8) is 0 Å². The van der Waals surface area contributed by atoms with E-state index in [1.54, 1.807) is 0 Å². The molecular formula is C10H22Cl2O2. The van der Waals surface area contributed by atoms with Crippen LogP contribution in [0.25, 0.3) is 0 Å². The summed E-state index contributed by atoms with van der Waals surface area (Å²) in [4.78, 5) is 0. The van der Waals surface area contributed by atoms with E-state index in [0.717, 1.165) is 6.42 Å². The Kier molecular flexibility index (Phi) is 23.1. The highest BCUT2D eigenvalue weighted by Crippen LogP contribution is 2.03. The van der Waals surface area contributed by atoms with Crippen LogP contribution in [0, 0.1) is 0 Å². The van der Waals surface area contributed by atoms with Crippen LogP contribution in [0.5, 0.6) is 0 Å². The van der Waals surface area contributed by atoms with Crippen molar-refractivity contribution in [2.24, 2.45) is 0 Å². The minimum absolute atomic E-state index is 0.184. The average Bonchev–Trinajstić information content (AvgIpc) is 2.20. The van der Waals surface area contributed by atoms with Crippen molar-refractivity contribution >= 4 is 23.2 Å². The van der Waals surface area contributed by atoms with Crippen LogP contribution < -0.4 is 0 Å². The molecule has 0 radical (unpaired) electrons. The second-order valence-electron chi connectivity index (χ2n) is 2.91. The Morgan fingerprint density at radius 1 is 0.929 bits per heavy atom. The quantitative estimate of drug-likeness (QED) is 0.521. The molecule has 0 heterocycles. The van der Waals surface area contributed by atoms with Gasteiger partial charge in [-0.3, -0.25) is 0 Å². The fourth-order valence-electron chi connectivity index (χ4n) is 0.921. The Bertz CT molecular complexity index is 74.5. The molecule has 14 heavy (non-hydrogen) atoms. The van der Waals surface area contributed by atoms with Crippen molar-refractivity contribution in [1.82, 2.24) is 0 Å². The first-order chi connectivity index (χ1) is 6.83. The third-order valence-corrected chi connectivity index (χ3v) is 1.97. The van der Waals surface area contributed by atoms with Crippen LogP contribution in [0.15, 0.2) is 0 Å². The maximum atomic E-state index is 8.42. The van der Waals surface area contributed by atoms with Gasteiger partial charge in [0.15, 0.2) is 0 Å². The smallest absolute Gasteiger partial charge is 0.122 e. The zero-order chi connectivity index (χ0) is 11.1. The zero-order valence-electron chi connectivity index (χ0n) is 8.98. The van der Waals surface area contributed by atoms with Crippen LogP contribution in [-0.2, 0) is 4.74 Å². The van der Waals surface area contributed by atoms with E-state index in [9.17, 15) is 0 Å². The molecule has 0 amide bonds. The van der Waals surface area contributed by atoms with Crippen LogP contribution in [0.4, 0.5) is 0 Å². The van der Waals surface area contributed by atoms with Gasteiger partial charge in [-0.15, -0.1) is 0 Å². The number of aliphatic hydroxyl groups excluding tert-OH is 1. The SMILES string of the molecule is CCCCCCCCO.ClCOCCl. The van der Waals surface area contributed by atoms with E-state index in [4.69, 9.17) is 28.3 Å².